The average molecular weight is 492 g/mol. The number of sulfonamides is 1. The Labute approximate surface area is 204 Å². The number of carbonyl (C=O) groups is 1. The first kappa shape index (κ1) is 23.0. The van der Waals surface area contributed by atoms with Gasteiger partial charge in [-0.1, -0.05) is 29.8 Å². The lowest BCUT2D eigenvalue weighted by Crippen LogP contribution is -2.49. The maximum absolute atomic E-state index is 13.6. The van der Waals surface area contributed by atoms with E-state index >= 15 is 0 Å². The van der Waals surface area contributed by atoms with Crippen LogP contribution in [-0.2, 0) is 15.0 Å². The molecule has 3 aromatic rings. The molecule has 0 saturated carbocycles. The van der Waals surface area contributed by atoms with E-state index in [4.69, 9.17) is 4.94 Å². The maximum Gasteiger partial charge on any atom is 0.277 e. The van der Waals surface area contributed by atoms with Crippen molar-refractivity contribution in [3.8, 4) is 0 Å². The van der Waals surface area contributed by atoms with E-state index < -0.39 is 10.0 Å². The average Bonchev–Trinajstić information content (AvgIpc) is 3.36. The summed E-state index contributed by atoms with van der Waals surface area (Å²) < 4.78 is 25.9. The van der Waals surface area contributed by atoms with Crippen molar-refractivity contribution in [1.29, 1.82) is 0 Å². The number of oxime groups is 1. The predicted molar refractivity (Wildman–Crippen MR) is 133 cm³/mol. The topological polar surface area (TPSA) is 85.8 Å². The number of nitrogens with zero attached hydrogens (tertiary/aromatic N) is 5. The molecule has 35 heavy (non-hydrogen) atoms. The number of hydrogen-bond donors (Lipinski definition) is 0. The van der Waals surface area contributed by atoms with Crippen LogP contribution in [0.4, 0.5) is 11.4 Å². The number of anilines is 2. The molecular weight excluding hydrogens is 466 g/mol. The lowest BCUT2D eigenvalue weighted by molar-refractivity contribution is -0.135. The van der Waals surface area contributed by atoms with Crippen molar-refractivity contribution in [2.75, 3.05) is 24.1 Å². The van der Waals surface area contributed by atoms with Gasteiger partial charge in [0.15, 0.2) is 0 Å². The number of hydrogen-bond acceptors (Lipinski definition) is 7. The van der Waals surface area contributed by atoms with Crippen molar-refractivity contribution in [3.05, 3.63) is 88.5 Å². The number of benzene rings is 3. The molecule has 0 bridgehead atoms. The summed E-state index contributed by atoms with van der Waals surface area (Å²) in [5.74, 6) is 0.192. The lowest BCUT2D eigenvalue weighted by atomic mass is 9.98. The highest BCUT2D eigenvalue weighted by atomic mass is 32.2. The van der Waals surface area contributed by atoms with E-state index in [0.717, 1.165) is 32.2 Å². The number of aryl methyl sites for hydroxylation is 3. The molecule has 2 aliphatic rings. The molecule has 0 saturated heterocycles. The van der Waals surface area contributed by atoms with Gasteiger partial charge in [-0.25, -0.2) is 12.7 Å². The Morgan fingerprint density at radius 2 is 1.51 bits per heavy atom. The van der Waals surface area contributed by atoms with Gasteiger partial charge in [0.05, 0.1) is 21.6 Å². The fourth-order valence-electron chi connectivity index (χ4n) is 4.45. The third kappa shape index (κ3) is 3.57. The predicted octanol–water partition coefficient (Wildman–Crippen LogP) is 3.77. The number of rotatable bonds is 4. The van der Waals surface area contributed by atoms with Gasteiger partial charge in [-0.05, 0) is 73.5 Å². The molecule has 0 aromatic heterocycles. The molecule has 2 aliphatic heterocycles. The molecule has 2 heterocycles. The van der Waals surface area contributed by atoms with Crippen LogP contribution in [0.1, 0.15) is 32.6 Å². The SMILES string of the molecule is Cc1cc(C)c(C2=NON3N(C(=O)c4ccc(S(=O)(=O)N(C)C)cc4)c4ccccc4N23)c(C)c1. The smallest absolute Gasteiger partial charge is 0.267 e. The molecule has 10 heteroatoms. The van der Waals surface area contributed by atoms with E-state index in [1.807, 2.05) is 45.0 Å². The van der Waals surface area contributed by atoms with Gasteiger partial charge >= 0.3 is 0 Å². The molecule has 0 unspecified atom stereocenters. The minimum absolute atomic E-state index is 0.107. The normalized spacial score (nSPS) is 15.2. The molecule has 0 spiro atoms. The van der Waals surface area contributed by atoms with Crippen LogP contribution < -0.4 is 10.0 Å². The highest BCUT2D eigenvalue weighted by molar-refractivity contribution is 7.89. The zero-order valence-electron chi connectivity index (χ0n) is 20.1. The number of amides is 1. The maximum atomic E-state index is 13.6. The molecular formula is C25H25N5O4S. The number of para-hydroxylation sites is 2. The minimum Gasteiger partial charge on any atom is -0.267 e. The van der Waals surface area contributed by atoms with E-state index in [0.29, 0.717) is 17.1 Å². The molecule has 180 valence electrons. The van der Waals surface area contributed by atoms with E-state index in [1.165, 1.54) is 48.7 Å². The Hall–Kier alpha value is -3.73. The zero-order chi connectivity index (χ0) is 25.1. The Kier molecular flexibility index (Phi) is 5.39. The van der Waals surface area contributed by atoms with Crippen LogP contribution in [0, 0.1) is 20.8 Å². The highest BCUT2D eigenvalue weighted by Gasteiger charge is 2.47. The van der Waals surface area contributed by atoms with Gasteiger partial charge in [-0.2, -0.15) is 10.0 Å². The molecule has 3 aromatic carbocycles. The minimum atomic E-state index is -3.60. The summed E-state index contributed by atoms with van der Waals surface area (Å²) in [6.07, 6.45) is 0. The van der Waals surface area contributed by atoms with Crippen LogP contribution in [0.15, 0.2) is 70.7 Å². The number of fused-ring (bicyclic) bond motifs is 3. The van der Waals surface area contributed by atoms with Crippen LogP contribution in [0.3, 0.4) is 0 Å². The van der Waals surface area contributed by atoms with Gasteiger partial charge < -0.3 is 0 Å². The highest BCUT2D eigenvalue weighted by Crippen LogP contribution is 2.43. The summed E-state index contributed by atoms with van der Waals surface area (Å²) in [6, 6.07) is 17.5. The number of carbonyl (C=O) groups excluding carboxylic acids is 1. The second-order valence-corrected chi connectivity index (χ2v) is 10.9. The monoisotopic (exact) mass is 491 g/mol. The van der Waals surface area contributed by atoms with E-state index in [2.05, 4.69) is 17.3 Å². The summed E-state index contributed by atoms with van der Waals surface area (Å²) >= 11 is 0. The van der Waals surface area contributed by atoms with Gasteiger partial charge in [-0.15, -0.1) is 0 Å². The first-order chi connectivity index (χ1) is 16.6. The first-order valence-corrected chi connectivity index (χ1v) is 12.4. The summed E-state index contributed by atoms with van der Waals surface area (Å²) in [6.45, 7) is 6.09. The van der Waals surface area contributed by atoms with Crippen molar-refractivity contribution < 1.29 is 18.2 Å². The summed E-state index contributed by atoms with van der Waals surface area (Å²) in [4.78, 5) is 19.4. The fraction of sp³-hybridized carbons (Fsp3) is 0.200. The number of amidine groups is 1. The second kappa shape index (κ2) is 8.19. The molecule has 9 nitrogen and oxygen atoms in total. The summed E-state index contributed by atoms with van der Waals surface area (Å²) in [5.41, 5.74) is 5.84. The van der Waals surface area contributed by atoms with Crippen molar-refractivity contribution in [2.45, 2.75) is 25.7 Å². The van der Waals surface area contributed by atoms with Crippen LogP contribution in [-0.4, -0.2) is 43.8 Å². The van der Waals surface area contributed by atoms with Gasteiger partial charge in [-0.3, -0.25) is 9.73 Å². The van der Waals surface area contributed by atoms with Crippen molar-refractivity contribution in [3.63, 3.8) is 0 Å². The Balaban J connectivity index is 1.53. The van der Waals surface area contributed by atoms with Gasteiger partial charge in [0.2, 0.25) is 15.9 Å². The molecule has 0 aliphatic carbocycles. The second-order valence-electron chi connectivity index (χ2n) is 8.75. The van der Waals surface area contributed by atoms with Gasteiger partial charge in [0.25, 0.3) is 5.91 Å². The zero-order valence-corrected chi connectivity index (χ0v) is 20.9. The third-order valence-corrected chi connectivity index (χ3v) is 7.88. The van der Waals surface area contributed by atoms with Gasteiger partial charge in [0.1, 0.15) is 0 Å². The molecule has 1 amide bonds. The molecule has 0 fully saturated rings. The van der Waals surface area contributed by atoms with Gasteiger partial charge in [0, 0.05) is 25.2 Å². The molecule has 0 N–H and O–H groups in total. The van der Waals surface area contributed by atoms with Crippen molar-refractivity contribution >= 4 is 33.1 Å². The lowest BCUT2D eigenvalue weighted by Gasteiger charge is -2.25. The van der Waals surface area contributed by atoms with E-state index in [1.54, 1.807) is 5.01 Å². The molecule has 5 rings (SSSR count). The largest absolute Gasteiger partial charge is 0.277 e. The molecule has 0 radical (unpaired) electrons. The first-order valence-electron chi connectivity index (χ1n) is 11.0. The third-order valence-electron chi connectivity index (χ3n) is 6.05. The van der Waals surface area contributed by atoms with Crippen LogP contribution in [0.2, 0.25) is 0 Å². The number of hydrazine groups is 2. The molecule has 0 atom stereocenters. The summed E-state index contributed by atoms with van der Waals surface area (Å²) in [7, 11) is -0.679. The van der Waals surface area contributed by atoms with E-state index in [-0.39, 0.29) is 10.8 Å². The standard InChI is InChI=1S/C25H25N5O4S/c1-16-14-17(2)23(18(3)15-16)24-26-34-30-28(24)21-8-6-7-9-22(21)29(30)25(31)19-10-12-20(13-11-19)35(32,33)27(4)5/h6-15H,1-5H3. The summed E-state index contributed by atoms with van der Waals surface area (Å²) in [5, 5.41) is 8.80. The quantitative estimate of drug-likeness (QED) is 0.552. The van der Waals surface area contributed by atoms with Crippen molar-refractivity contribution in [2.24, 2.45) is 5.16 Å². The van der Waals surface area contributed by atoms with Crippen LogP contribution in [0.5, 0.6) is 0 Å². The van der Waals surface area contributed by atoms with Crippen LogP contribution >= 0.6 is 0 Å². The Morgan fingerprint density at radius 3 is 2.11 bits per heavy atom. The Morgan fingerprint density at radius 1 is 0.914 bits per heavy atom. The van der Waals surface area contributed by atoms with Crippen molar-refractivity contribution in [1.82, 2.24) is 9.59 Å². The Bertz CT molecular complexity index is 1460. The van der Waals surface area contributed by atoms with E-state index in [9.17, 15) is 13.2 Å². The van der Waals surface area contributed by atoms with Crippen LogP contribution in [0.25, 0.3) is 0 Å². The fourth-order valence-corrected chi connectivity index (χ4v) is 5.35.